The van der Waals surface area contributed by atoms with Crippen molar-refractivity contribution in [3.05, 3.63) is 32.8 Å². The fourth-order valence-electron chi connectivity index (χ4n) is 2.09. The number of benzene rings is 1. The van der Waals surface area contributed by atoms with E-state index in [9.17, 15) is 0 Å². The molecule has 0 saturated carbocycles. The molecule has 1 unspecified atom stereocenters. The predicted octanol–water partition coefficient (Wildman–Crippen LogP) is 3.44. The first kappa shape index (κ1) is 13.4. The van der Waals surface area contributed by atoms with Gasteiger partial charge in [-0.25, -0.2) is 0 Å². The van der Waals surface area contributed by atoms with Gasteiger partial charge in [0.2, 0.25) is 0 Å². The van der Waals surface area contributed by atoms with Gasteiger partial charge in [0.1, 0.15) is 0 Å². The van der Waals surface area contributed by atoms with Crippen molar-refractivity contribution in [2.45, 2.75) is 19.5 Å². The summed E-state index contributed by atoms with van der Waals surface area (Å²) in [5, 5.41) is 5.23. The molecule has 1 aromatic carbocycles. The van der Waals surface area contributed by atoms with Crippen LogP contribution < -0.4 is 5.32 Å². The van der Waals surface area contributed by atoms with Crippen LogP contribution >= 0.6 is 34.8 Å². The Labute approximate surface area is 117 Å². The third-order valence-electron chi connectivity index (χ3n) is 2.97. The molecule has 0 bridgehead atoms. The zero-order valence-electron chi connectivity index (χ0n) is 9.64. The van der Waals surface area contributed by atoms with Crippen LogP contribution in [0.1, 0.15) is 12.5 Å². The maximum atomic E-state index is 6.20. The van der Waals surface area contributed by atoms with E-state index in [4.69, 9.17) is 34.8 Å². The first-order valence-corrected chi connectivity index (χ1v) is 6.79. The molecular weight excluding hydrogens is 279 g/mol. The molecule has 1 aliphatic rings. The van der Waals surface area contributed by atoms with E-state index < -0.39 is 0 Å². The molecule has 0 radical (unpaired) electrons. The third kappa shape index (κ3) is 3.27. The minimum absolute atomic E-state index is 0.500. The van der Waals surface area contributed by atoms with Gasteiger partial charge in [-0.05, 0) is 19.1 Å². The molecule has 1 N–H and O–H groups in total. The second-order valence-electron chi connectivity index (χ2n) is 4.41. The van der Waals surface area contributed by atoms with Crippen molar-refractivity contribution in [2.75, 3.05) is 19.6 Å². The van der Waals surface area contributed by atoms with Crippen molar-refractivity contribution in [3.8, 4) is 0 Å². The van der Waals surface area contributed by atoms with Crippen LogP contribution in [-0.2, 0) is 6.54 Å². The molecule has 2 rings (SSSR count). The van der Waals surface area contributed by atoms with E-state index in [1.54, 1.807) is 12.1 Å². The molecule has 1 atom stereocenters. The number of piperazine rings is 1. The van der Waals surface area contributed by atoms with Gasteiger partial charge in [-0.1, -0.05) is 34.8 Å². The molecule has 0 amide bonds. The molecular formula is C12H15Cl3N2. The molecule has 5 heteroatoms. The molecule has 0 aliphatic carbocycles. The Morgan fingerprint density at radius 1 is 1.29 bits per heavy atom. The maximum Gasteiger partial charge on any atom is 0.0652 e. The van der Waals surface area contributed by atoms with E-state index in [2.05, 4.69) is 17.1 Å². The first-order valence-electron chi connectivity index (χ1n) is 5.66. The van der Waals surface area contributed by atoms with Gasteiger partial charge in [-0.15, -0.1) is 0 Å². The lowest BCUT2D eigenvalue weighted by Crippen LogP contribution is -2.48. The summed E-state index contributed by atoms with van der Waals surface area (Å²) in [6.45, 7) is 5.93. The topological polar surface area (TPSA) is 15.3 Å². The minimum atomic E-state index is 0.500. The summed E-state index contributed by atoms with van der Waals surface area (Å²) in [5.41, 5.74) is 0.926. The Bertz CT molecular complexity index is 409. The van der Waals surface area contributed by atoms with Gasteiger partial charge < -0.3 is 5.32 Å². The van der Waals surface area contributed by atoms with Crippen molar-refractivity contribution >= 4 is 34.8 Å². The van der Waals surface area contributed by atoms with Gasteiger partial charge in [0.15, 0.2) is 0 Å². The van der Waals surface area contributed by atoms with Gasteiger partial charge in [0.05, 0.1) is 10.0 Å². The lowest BCUT2D eigenvalue weighted by atomic mass is 10.1. The van der Waals surface area contributed by atoms with Crippen molar-refractivity contribution in [1.82, 2.24) is 10.2 Å². The van der Waals surface area contributed by atoms with Crippen molar-refractivity contribution < 1.29 is 0 Å². The average Bonchev–Trinajstić information content (AvgIpc) is 2.30. The number of hydrogen-bond acceptors (Lipinski definition) is 2. The number of nitrogens with one attached hydrogen (secondary N) is 1. The average molecular weight is 294 g/mol. The zero-order chi connectivity index (χ0) is 12.4. The van der Waals surface area contributed by atoms with Crippen LogP contribution in [0.3, 0.4) is 0 Å². The Morgan fingerprint density at radius 3 is 2.71 bits per heavy atom. The van der Waals surface area contributed by atoms with Crippen molar-refractivity contribution in [3.63, 3.8) is 0 Å². The summed E-state index contributed by atoms with van der Waals surface area (Å²) in [4.78, 5) is 2.34. The molecule has 1 aromatic rings. The largest absolute Gasteiger partial charge is 0.312 e. The first-order chi connectivity index (χ1) is 8.08. The molecule has 17 heavy (non-hydrogen) atoms. The van der Waals surface area contributed by atoms with Gasteiger partial charge >= 0.3 is 0 Å². The fourth-order valence-corrected chi connectivity index (χ4v) is 2.76. The zero-order valence-corrected chi connectivity index (χ0v) is 11.9. The van der Waals surface area contributed by atoms with Crippen molar-refractivity contribution in [2.24, 2.45) is 0 Å². The normalized spacial score (nSPS) is 21.8. The number of nitrogens with zero attached hydrogens (tertiary/aromatic N) is 1. The van der Waals surface area contributed by atoms with E-state index in [0.717, 1.165) is 31.7 Å². The highest BCUT2D eigenvalue weighted by molar-refractivity contribution is 6.44. The quantitative estimate of drug-likeness (QED) is 0.840. The van der Waals surface area contributed by atoms with E-state index in [1.165, 1.54) is 0 Å². The van der Waals surface area contributed by atoms with Crippen LogP contribution in [0, 0.1) is 0 Å². The van der Waals surface area contributed by atoms with Crippen LogP contribution in [-0.4, -0.2) is 30.6 Å². The molecule has 1 heterocycles. The molecule has 1 saturated heterocycles. The highest BCUT2D eigenvalue weighted by atomic mass is 35.5. The van der Waals surface area contributed by atoms with Crippen LogP contribution in [0.15, 0.2) is 12.1 Å². The summed E-state index contributed by atoms with van der Waals surface area (Å²) >= 11 is 18.4. The third-order valence-corrected chi connectivity index (χ3v) is 4.17. The summed E-state index contributed by atoms with van der Waals surface area (Å²) in [7, 11) is 0. The lowest BCUT2D eigenvalue weighted by Gasteiger charge is -2.32. The smallest absolute Gasteiger partial charge is 0.0652 e. The summed E-state index contributed by atoms with van der Waals surface area (Å²) in [6, 6.07) is 4.04. The SMILES string of the molecule is CC1CN(Cc2c(Cl)ccc(Cl)c2Cl)CCN1. The summed E-state index contributed by atoms with van der Waals surface area (Å²) in [5.74, 6) is 0. The van der Waals surface area contributed by atoms with Gasteiger partial charge in [-0.3, -0.25) is 4.90 Å². The standard InChI is InChI=1S/C12H15Cl3N2/c1-8-6-17(5-4-16-8)7-9-10(13)2-3-11(14)12(9)15/h2-3,8,16H,4-7H2,1H3. The van der Waals surface area contributed by atoms with Crippen LogP contribution in [0.5, 0.6) is 0 Å². The molecule has 0 aromatic heterocycles. The number of hydrogen-bond donors (Lipinski definition) is 1. The van der Waals surface area contributed by atoms with Gasteiger partial charge in [0.25, 0.3) is 0 Å². The van der Waals surface area contributed by atoms with E-state index >= 15 is 0 Å². The summed E-state index contributed by atoms with van der Waals surface area (Å²) in [6.07, 6.45) is 0. The maximum absolute atomic E-state index is 6.20. The molecule has 2 nitrogen and oxygen atoms in total. The minimum Gasteiger partial charge on any atom is -0.312 e. The van der Waals surface area contributed by atoms with E-state index in [-0.39, 0.29) is 0 Å². The Kier molecular flexibility index (Phi) is 4.56. The van der Waals surface area contributed by atoms with Crippen LogP contribution in [0.25, 0.3) is 0 Å². The monoisotopic (exact) mass is 292 g/mol. The molecule has 1 fully saturated rings. The van der Waals surface area contributed by atoms with E-state index in [1.807, 2.05) is 0 Å². The molecule has 1 aliphatic heterocycles. The van der Waals surface area contributed by atoms with E-state index in [0.29, 0.717) is 21.1 Å². The highest BCUT2D eigenvalue weighted by Gasteiger charge is 2.18. The second-order valence-corrected chi connectivity index (χ2v) is 5.60. The highest BCUT2D eigenvalue weighted by Crippen LogP contribution is 2.32. The molecule has 0 spiro atoms. The molecule has 94 valence electrons. The summed E-state index contributed by atoms with van der Waals surface area (Å²) < 4.78 is 0. The predicted molar refractivity (Wildman–Crippen MR) is 74.2 cm³/mol. The fraction of sp³-hybridized carbons (Fsp3) is 0.500. The van der Waals surface area contributed by atoms with Gasteiger partial charge in [0, 0.05) is 42.8 Å². The van der Waals surface area contributed by atoms with Crippen LogP contribution in [0.2, 0.25) is 15.1 Å². The van der Waals surface area contributed by atoms with Gasteiger partial charge in [-0.2, -0.15) is 0 Å². The van der Waals surface area contributed by atoms with Crippen molar-refractivity contribution in [1.29, 1.82) is 0 Å². The number of rotatable bonds is 2. The Balaban J connectivity index is 2.15. The Hall–Kier alpha value is 0.01000. The van der Waals surface area contributed by atoms with Crippen LogP contribution in [0.4, 0.5) is 0 Å². The lowest BCUT2D eigenvalue weighted by molar-refractivity contribution is 0.200. The number of halogens is 3. The second kappa shape index (κ2) is 5.77. The Morgan fingerprint density at radius 2 is 2.00 bits per heavy atom.